The molecule has 0 bridgehead atoms. The number of rotatable bonds is 5. The fourth-order valence-corrected chi connectivity index (χ4v) is 4.20. The Morgan fingerprint density at radius 1 is 1.21 bits per heavy atom. The molecule has 176 valence electrons. The maximum Gasteiger partial charge on any atom is 0.274 e. The summed E-state index contributed by atoms with van der Waals surface area (Å²) in [5.41, 5.74) is -1.41. The number of nitrogens with one attached hydrogen (secondary N) is 1. The van der Waals surface area contributed by atoms with Crippen LogP contribution in [0.1, 0.15) is 49.9 Å². The molecule has 7 nitrogen and oxygen atoms in total. The van der Waals surface area contributed by atoms with Gasteiger partial charge >= 0.3 is 0 Å². The monoisotopic (exact) mass is 462 g/mol. The van der Waals surface area contributed by atoms with Crippen molar-refractivity contribution in [1.29, 1.82) is 0 Å². The molecular formula is C23H25F3N4O3. The second-order valence-corrected chi connectivity index (χ2v) is 8.43. The summed E-state index contributed by atoms with van der Waals surface area (Å²) in [5.74, 6) is -4.09. The van der Waals surface area contributed by atoms with E-state index in [1.165, 1.54) is 25.2 Å². The SMILES string of the molecule is CC(Nc1nn(C)c(=O)c2cc(=O)n(C3CCOCC3)cc12)c1cccc(C(C)(F)F)c1F. The highest BCUT2D eigenvalue weighted by Gasteiger charge is 2.30. The van der Waals surface area contributed by atoms with E-state index in [4.69, 9.17) is 4.74 Å². The first kappa shape index (κ1) is 23.0. The lowest BCUT2D eigenvalue weighted by atomic mass is 10.0. The quantitative estimate of drug-likeness (QED) is 0.623. The fourth-order valence-electron chi connectivity index (χ4n) is 4.20. The van der Waals surface area contributed by atoms with Crippen LogP contribution in [0.2, 0.25) is 0 Å². The Balaban J connectivity index is 1.80. The molecule has 0 saturated carbocycles. The Bertz CT molecular complexity index is 1310. The summed E-state index contributed by atoms with van der Waals surface area (Å²) in [6.07, 6.45) is 2.91. The Morgan fingerprint density at radius 3 is 2.58 bits per heavy atom. The van der Waals surface area contributed by atoms with E-state index in [2.05, 4.69) is 10.4 Å². The van der Waals surface area contributed by atoms with Crippen molar-refractivity contribution in [2.45, 2.75) is 44.7 Å². The number of alkyl halides is 2. The lowest BCUT2D eigenvalue weighted by molar-refractivity contribution is 0.0136. The number of ether oxygens (including phenoxy) is 1. The van der Waals surface area contributed by atoms with Crippen LogP contribution in [0.15, 0.2) is 40.1 Å². The molecule has 33 heavy (non-hydrogen) atoms. The van der Waals surface area contributed by atoms with Crippen molar-refractivity contribution >= 4 is 16.6 Å². The molecule has 0 radical (unpaired) electrons. The molecule has 1 fully saturated rings. The molecule has 3 heterocycles. The Hall–Kier alpha value is -3.14. The molecule has 3 aromatic rings. The van der Waals surface area contributed by atoms with Crippen molar-refractivity contribution in [3.05, 3.63) is 68.1 Å². The maximum absolute atomic E-state index is 14.9. The highest BCUT2D eigenvalue weighted by molar-refractivity contribution is 5.90. The molecular weight excluding hydrogens is 437 g/mol. The summed E-state index contributed by atoms with van der Waals surface area (Å²) >= 11 is 0. The van der Waals surface area contributed by atoms with Gasteiger partial charge in [-0.15, -0.1) is 0 Å². The number of fused-ring (bicyclic) bond motifs is 1. The lowest BCUT2D eigenvalue weighted by Crippen LogP contribution is -2.30. The van der Waals surface area contributed by atoms with E-state index in [1.807, 2.05) is 0 Å². The third-order valence-corrected chi connectivity index (χ3v) is 6.02. The second-order valence-electron chi connectivity index (χ2n) is 8.43. The predicted molar refractivity (Wildman–Crippen MR) is 118 cm³/mol. The van der Waals surface area contributed by atoms with Crippen LogP contribution in [-0.4, -0.2) is 27.6 Å². The van der Waals surface area contributed by atoms with Crippen molar-refractivity contribution in [3.63, 3.8) is 0 Å². The minimum Gasteiger partial charge on any atom is -0.381 e. The molecule has 1 atom stereocenters. The van der Waals surface area contributed by atoms with Crippen molar-refractivity contribution in [3.8, 4) is 0 Å². The van der Waals surface area contributed by atoms with Gasteiger partial charge in [-0.1, -0.05) is 18.2 Å². The van der Waals surface area contributed by atoms with Gasteiger partial charge in [-0.2, -0.15) is 5.10 Å². The maximum atomic E-state index is 14.9. The number of nitrogens with zero attached hydrogens (tertiary/aromatic N) is 3. The van der Waals surface area contributed by atoms with Gasteiger partial charge < -0.3 is 14.6 Å². The zero-order chi connectivity index (χ0) is 23.9. The average Bonchev–Trinajstić information content (AvgIpc) is 2.77. The first-order valence-corrected chi connectivity index (χ1v) is 10.7. The Morgan fingerprint density at radius 2 is 1.91 bits per heavy atom. The predicted octanol–water partition coefficient (Wildman–Crippen LogP) is 3.87. The molecule has 0 amide bonds. The van der Waals surface area contributed by atoms with Gasteiger partial charge in [-0.25, -0.2) is 17.9 Å². The van der Waals surface area contributed by atoms with Gasteiger partial charge in [-0.3, -0.25) is 9.59 Å². The molecule has 2 aromatic heterocycles. The number of pyridine rings is 1. The molecule has 10 heteroatoms. The number of halogens is 3. The van der Waals surface area contributed by atoms with Gasteiger partial charge in [-0.05, 0) is 19.8 Å². The summed E-state index contributed by atoms with van der Waals surface area (Å²) < 4.78 is 50.5. The first-order chi connectivity index (χ1) is 15.6. The van der Waals surface area contributed by atoms with Crippen LogP contribution in [0.3, 0.4) is 0 Å². The molecule has 4 rings (SSSR count). The lowest BCUT2D eigenvalue weighted by Gasteiger charge is -2.25. The van der Waals surface area contributed by atoms with E-state index >= 15 is 0 Å². The molecule has 1 aliphatic heterocycles. The van der Waals surface area contributed by atoms with Gasteiger partial charge in [0.25, 0.3) is 17.0 Å². The summed E-state index contributed by atoms with van der Waals surface area (Å²) in [6, 6.07) is 4.31. The number of aromatic nitrogens is 3. The fraction of sp³-hybridized carbons (Fsp3) is 0.435. The van der Waals surface area contributed by atoms with E-state index in [1.54, 1.807) is 17.7 Å². The minimum atomic E-state index is -3.33. The van der Waals surface area contributed by atoms with E-state index in [0.29, 0.717) is 38.4 Å². The molecule has 1 saturated heterocycles. The minimum absolute atomic E-state index is 0.0376. The molecule has 1 aliphatic rings. The summed E-state index contributed by atoms with van der Waals surface area (Å²) in [6.45, 7) is 3.32. The van der Waals surface area contributed by atoms with Crippen molar-refractivity contribution < 1.29 is 17.9 Å². The Labute approximate surface area is 187 Å². The highest BCUT2D eigenvalue weighted by Crippen LogP contribution is 2.33. The average molecular weight is 462 g/mol. The number of benzene rings is 1. The van der Waals surface area contributed by atoms with Crippen LogP contribution in [-0.2, 0) is 17.7 Å². The Kier molecular flexibility index (Phi) is 6.04. The standard InChI is InChI=1S/C23H25F3N4O3/c1-13(15-5-4-6-18(20(15)24)23(2,25)26)27-21-17-12-30(14-7-9-33-10-8-14)19(31)11-16(17)22(32)29(3)28-21/h4-6,11-14H,7-10H2,1-3H3,(H,27,28). The van der Waals surface area contributed by atoms with E-state index in [-0.39, 0.29) is 28.4 Å². The first-order valence-electron chi connectivity index (χ1n) is 10.7. The number of anilines is 1. The van der Waals surface area contributed by atoms with Crippen molar-refractivity contribution in [2.24, 2.45) is 7.05 Å². The second kappa shape index (κ2) is 8.66. The van der Waals surface area contributed by atoms with E-state index in [9.17, 15) is 22.8 Å². The van der Waals surface area contributed by atoms with Gasteiger partial charge in [0.2, 0.25) is 0 Å². The third kappa shape index (κ3) is 4.39. The van der Waals surface area contributed by atoms with Gasteiger partial charge in [0, 0.05) is 56.4 Å². The number of aryl methyl sites for hydroxylation is 1. The van der Waals surface area contributed by atoms with E-state index in [0.717, 1.165) is 10.7 Å². The summed E-state index contributed by atoms with van der Waals surface area (Å²) in [7, 11) is 1.44. The number of hydrogen-bond donors (Lipinski definition) is 1. The topological polar surface area (TPSA) is 78.2 Å². The normalized spacial score (nSPS) is 16.2. The van der Waals surface area contributed by atoms with Crippen molar-refractivity contribution in [2.75, 3.05) is 18.5 Å². The highest BCUT2D eigenvalue weighted by atomic mass is 19.3. The smallest absolute Gasteiger partial charge is 0.274 e. The van der Waals surface area contributed by atoms with Crippen molar-refractivity contribution in [1.82, 2.24) is 14.3 Å². The summed E-state index contributed by atoms with van der Waals surface area (Å²) in [5, 5.41) is 7.88. The zero-order valence-corrected chi connectivity index (χ0v) is 18.6. The molecule has 1 aromatic carbocycles. The third-order valence-electron chi connectivity index (χ3n) is 6.02. The van der Waals surface area contributed by atoms with Crippen LogP contribution in [0.25, 0.3) is 10.8 Å². The molecule has 1 N–H and O–H groups in total. The van der Waals surface area contributed by atoms with Gasteiger partial charge in [0.15, 0.2) is 5.82 Å². The van der Waals surface area contributed by atoms with Crippen LogP contribution in [0, 0.1) is 5.82 Å². The number of hydrogen-bond acceptors (Lipinski definition) is 5. The van der Waals surface area contributed by atoms with E-state index < -0.39 is 28.9 Å². The summed E-state index contributed by atoms with van der Waals surface area (Å²) in [4.78, 5) is 25.4. The van der Waals surface area contributed by atoms with Crippen LogP contribution in [0.5, 0.6) is 0 Å². The largest absolute Gasteiger partial charge is 0.381 e. The van der Waals surface area contributed by atoms with Gasteiger partial charge in [0.05, 0.1) is 17.0 Å². The zero-order valence-electron chi connectivity index (χ0n) is 18.6. The van der Waals surface area contributed by atoms with Crippen LogP contribution < -0.4 is 16.4 Å². The van der Waals surface area contributed by atoms with Crippen LogP contribution >= 0.6 is 0 Å². The van der Waals surface area contributed by atoms with Gasteiger partial charge in [0.1, 0.15) is 5.82 Å². The van der Waals surface area contributed by atoms with Crippen LogP contribution in [0.4, 0.5) is 19.0 Å². The molecule has 1 unspecified atom stereocenters. The molecule has 0 spiro atoms. The molecule has 0 aliphatic carbocycles.